The van der Waals surface area contributed by atoms with Crippen LogP contribution < -0.4 is 0 Å². The van der Waals surface area contributed by atoms with Gasteiger partial charge in [-0.15, -0.1) is 10.2 Å². The van der Waals surface area contributed by atoms with Crippen LogP contribution in [0.1, 0.15) is 0 Å². The minimum atomic E-state index is 0.0384. The topological polar surface area (TPSA) is 65.2 Å². The van der Waals surface area contributed by atoms with E-state index in [0.717, 1.165) is 0 Å². The monoisotopic (exact) mass is 298 g/mol. The number of azo groups is 1. The standard InChI is InChI=1S/C16H11ClN2O2/c17-11-5-1-2-6-12(11)18-19-13-8-9-14(20)10-4-3-7-15(21)16(10)13/h1-9,20-21H/b19-18+. The van der Waals surface area contributed by atoms with Gasteiger partial charge in [0.2, 0.25) is 0 Å². The van der Waals surface area contributed by atoms with Crippen LogP contribution in [0.15, 0.2) is 64.8 Å². The number of fused-ring (bicyclic) bond motifs is 1. The Bertz CT molecular complexity index is 847. The van der Waals surface area contributed by atoms with E-state index in [1.807, 2.05) is 12.1 Å². The maximum Gasteiger partial charge on any atom is 0.125 e. The molecule has 2 N–H and O–H groups in total. The Morgan fingerprint density at radius 2 is 1.48 bits per heavy atom. The van der Waals surface area contributed by atoms with Gasteiger partial charge in [0.15, 0.2) is 0 Å². The number of nitrogens with zero attached hydrogens (tertiary/aromatic N) is 2. The molecule has 0 saturated carbocycles. The van der Waals surface area contributed by atoms with Crippen LogP contribution >= 0.6 is 11.6 Å². The number of hydrogen-bond donors (Lipinski definition) is 2. The third-order valence-electron chi connectivity index (χ3n) is 3.09. The lowest BCUT2D eigenvalue weighted by atomic mass is 10.1. The highest BCUT2D eigenvalue weighted by molar-refractivity contribution is 6.32. The fourth-order valence-corrected chi connectivity index (χ4v) is 2.25. The molecule has 0 aliphatic rings. The molecule has 0 aliphatic carbocycles. The average molecular weight is 299 g/mol. The highest BCUT2D eigenvalue weighted by atomic mass is 35.5. The van der Waals surface area contributed by atoms with Crippen molar-refractivity contribution in [2.24, 2.45) is 10.2 Å². The minimum absolute atomic E-state index is 0.0384. The van der Waals surface area contributed by atoms with Gasteiger partial charge in [0.05, 0.1) is 16.1 Å². The Morgan fingerprint density at radius 1 is 0.714 bits per heavy atom. The van der Waals surface area contributed by atoms with Gasteiger partial charge in [-0.1, -0.05) is 35.9 Å². The summed E-state index contributed by atoms with van der Waals surface area (Å²) in [4.78, 5) is 0. The molecule has 0 saturated heterocycles. The van der Waals surface area contributed by atoms with Crippen molar-refractivity contribution in [2.45, 2.75) is 0 Å². The van der Waals surface area contributed by atoms with Crippen LogP contribution in [0, 0.1) is 0 Å². The number of phenols is 2. The fourth-order valence-electron chi connectivity index (χ4n) is 2.08. The molecule has 0 atom stereocenters. The van der Waals surface area contributed by atoms with Crippen molar-refractivity contribution in [1.82, 2.24) is 0 Å². The van der Waals surface area contributed by atoms with E-state index < -0.39 is 0 Å². The number of rotatable bonds is 2. The first-order chi connectivity index (χ1) is 10.2. The van der Waals surface area contributed by atoms with Crippen molar-refractivity contribution < 1.29 is 10.2 Å². The van der Waals surface area contributed by atoms with Crippen molar-refractivity contribution >= 4 is 33.7 Å². The lowest BCUT2D eigenvalue weighted by molar-refractivity contribution is 0.475. The van der Waals surface area contributed by atoms with Crippen molar-refractivity contribution in [3.63, 3.8) is 0 Å². The Balaban J connectivity index is 2.14. The van der Waals surface area contributed by atoms with Gasteiger partial charge in [0.1, 0.15) is 17.2 Å². The van der Waals surface area contributed by atoms with Gasteiger partial charge in [0.25, 0.3) is 0 Å². The average Bonchev–Trinajstić information content (AvgIpc) is 2.49. The molecule has 21 heavy (non-hydrogen) atoms. The number of phenolic OH excluding ortho intramolecular Hbond substituents is 2. The zero-order valence-electron chi connectivity index (χ0n) is 10.9. The predicted octanol–water partition coefficient (Wildman–Crippen LogP) is 5.32. The molecular weight excluding hydrogens is 288 g/mol. The first-order valence-electron chi connectivity index (χ1n) is 6.27. The Kier molecular flexibility index (Phi) is 3.46. The SMILES string of the molecule is Oc1ccc(/N=N/c2ccccc2Cl)c2c(O)cccc12. The molecule has 0 radical (unpaired) electrons. The summed E-state index contributed by atoms with van der Waals surface area (Å²) < 4.78 is 0. The largest absolute Gasteiger partial charge is 0.507 e. The number of benzene rings is 3. The van der Waals surface area contributed by atoms with E-state index in [0.29, 0.717) is 27.2 Å². The summed E-state index contributed by atoms with van der Waals surface area (Å²) in [7, 11) is 0. The second-order valence-electron chi connectivity index (χ2n) is 4.45. The lowest BCUT2D eigenvalue weighted by Crippen LogP contribution is -1.77. The molecular formula is C16H11ClN2O2. The smallest absolute Gasteiger partial charge is 0.125 e. The summed E-state index contributed by atoms with van der Waals surface area (Å²) >= 11 is 6.02. The summed E-state index contributed by atoms with van der Waals surface area (Å²) in [5, 5.41) is 29.5. The van der Waals surface area contributed by atoms with Crippen LogP contribution in [0.2, 0.25) is 5.02 Å². The van der Waals surface area contributed by atoms with E-state index >= 15 is 0 Å². The molecule has 0 aromatic heterocycles. The zero-order valence-corrected chi connectivity index (χ0v) is 11.6. The maximum atomic E-state index is 9.99. The number of hydrogen-bond acceptors (Lipinski definition) is 4. The second-order valence-corrected chi connectivity index (χ2v) is 4.86. The lowest BCUT2D eigenvalue weighted by Gasteiger charge is -2.05. The van der Waals surface area contributed by atoms with Gasteiger partial charge in [-0.2, -0.15) is 0 Å². The molecule has 0 spiro atoms. The van der Waals surface area contributed by atoms with Crippen molar-refractivity contribution in [3.05, 3.63) is 59.6 Å². The van der Waals surface area contributed by atoms with Gasteiger partial charge in [-0.3, -0.25) is 0 Å². The summed E-state index contributed by atoms with van der Waals surface area (Å²) in [6, 6.07) is 15.1. The number of aromatic hydroxyl groups is 2. The van der Waals surface area contributed by atoms with E-state index in [1.165, 1.54) is 12.1 Å². The Labute approximate surface area is 126 Å². The summed E-state index contributed by atoms with van der Waals surface area (Å²) in [5.74, 6) is 0.120. The maximum absolute atomic E-state index is 9.99. The molecule has 0 aliphatic heterocycles. The highest BCUT2D eigenvalue weighted by Crippen LogP contribution is 2.39. The molecule has 0 bridgehead atoms. The van der Waals surface area contributed by atoms with Gasteiger partial charge < -0.3 is 10.2 Å². The molecule has 3 rings (SSSR count). The Hall–Kier alpha value is -2.59. The van der Waals surface area contributed by atoms with Crippen LogP contribution in [-0.2, 0) is 0 Å². The van der Waals surface area contributed by atoms with Crippen LogP contribution in [0.4, 0.5) is 11.4 Å². The first kappa shape index (κ1) is 13.4. The van der Waals surface area contributed by atoms with Crippen molar-refractivity contribution in [2.75, 3.05) is 0 Å². The van der Waals surface area contributed by atoms with Gasteiger partial charge in [-0.25, -0.2) is 0 Å². The van der Waals surface area contributed by atoms with E-state index in [9.17, 15) is 10.2 Å². The van der Waals surface area contributed by atoms with Crippen LogP contribution in [0.5, 0.6) is 11.5 Å². The van der Waals surface area contributed by atoms with Crippen LogP contribution in [-0.4, -0.2) is 10.2 Å². The molecule has 0 amide bonds. The second kappa shape index (κ2) is 5.42. The normalized spacial score (nSPS) is 11.3. The molecule has 3 aromatic rings. The van der Waals surface area contributed by atoms with Crippen molar-refractivity contribution in [1.29, 1.82) is 0 Å². The molecule has 3 aromatic carbocycles. The zero-order chi connectivity index (χ0) is 14.8. The molecule has 104 valence electrons. The van der Waals surface area contributed by atoms with E-state index in [4.69, 9.17) is 11.6 Å². The quantitative estimate of drug-likeness (QED) is 0.629. The summed E-state index contributed by atoms with van der Waals surface area (Å²) in [5.41, 5.74) is 0.997. The van der Waals surface area contributed by atoms with E-state index in [-0.39, 0.29) is 11.5 Å². The highest BCUT2D eigenvalue weighted by Gasteiger charge is 2.09. The van der Waals surface area contributed by atoms with E-state index in [1.54, 1.807) is 30.3 Å². The van der Waals surface area contributed by atoms with Crippen LogP contribution in [0.3, 0.4) is 0 Å². The predicted molar refractivity (Wildman–Crippen MR) is 82.9 cm³/mol. The third-order valence-corrected chi connectivity index (χ3v) is 3.41. The minimum Gasteiger partial charge on any atom is -0.507 e. The molecule has 4 nitrogen and oxygen atoms in total. The third kappa shape index (κ3) is 2.53. The molecule has 0 heterocycles. The van der Waals surface area contributed by atoms with Gasteiger partial charge >= 0.3 is 0 Å². The van der Waals surface area contributed by atoms with Crippen LogP contribution in [0.25, 0.3) is 10.8 Å². The van der Waals surface area contributed by atoms with Gasteiger partial charge in [0, 0.05) is 5.39 Å². The molecule has 0 fully saturated rings. The summed E-state index contributed by atoms with van der Waals surface area (Å²) in [6.45, 7) is 0. The first-order valence-corrected chi connectivity index (χ1v) is 6.64. The van der Waals surface area contributed by atoms with Crippen molar-refractivity contribution in [3.8, 4) is 11.5 Å². The molecule has 5 heteroatoms. The number of halogens is 1. The molecule has 0 unspecified atom stereocenters. The Morgan fingerprint density at radius 3 is 2.29 bits per heavy atom. The summed E-state index contributed by atoms with van der Waals surface area (Å²) in [6.07, 6.45) is 0. The van der Waals surface area contributed by atoms with Gasteiger partial charge in [-0.05, 0) is 30.3 Å². The van der Waals surface area contributed by atoms with E-state index in [2.05, 4.69) is 10.2 Å². The fraction of sp³-hybridized carbons (Fsp3) is 0.